The highest BCUT2D eigenvalue weighted by atomic mass is 35.5. The molecule has 1 atom stereocenters. The van der Waals surface area contributed by atoms with Gasteiger partial charge in [0.1, 0.15) is 10.1 Å². The average Bonchev–Trinajstić information content (AvgIpc) is 2.98. The molecule has 1 fully saturated rings. The summed E-state index contributed by atoms with van der Waals surface area (Å²) >= 11 is 13.1. The van der Waals surface area contributed by atoms with Crippen molar-refractivity contribution in [2.75, 3.05) is 5.32 Å². The van der Waals surface area contributed by atoms with Crippen LogP contribution in [0.5, 0.6) is 5.75 Å². The minimum absolute atomic E-state index is 0.0736. The number of carbonyl (C=O) groups excluding carboxylic acids is 1. The monoisotopic (exact) mass is 392 g/mol. The van der Waals surface area contributed by atoms with Gasteiger partial charge in [0.2, 0.25) is 5.91 Å². The van der Waals surface area contributed by atoms with Crippen LogP contribution in [0.25, 0.3) is 11.3 Å². The Morgan fingerprint density at radius 1 is 1.42 bits per heavy atom. The van der Waals surface area contributed by atoms with E-state index in [0.29, 0.717) is 17.2 Å². The van der Waals surface area contributed by atoms with Crippen LogP contribution >= 0.6 is 34.5 Å². The number of aromatic nitrogens is 1. The lowest BCUT2D eigenvalue weighted by Crippen LogP contribution is -2.16. The summed E-state index contributed by atoms with van der Waals surface area (Å²) in [6.45, 7) is -1.01. The number of aryl methyl sites for hydroxylation is 1. The number of halogens is 4. The van der Waals surface area contributed by atoms with Crippen LogP contribution in [-0.4, -0.2) is 21.8 Å². The van der Waals surface area contributed by atoms with Gasteiger partial charge >= 0.3 is 6.61 Å². The summed E-state index contributed by atoms with van der Waals surface area (Å²) in [4.78, 5) is 17.3. The lowest BCUT2D eigenvalue weighted by atomic mass is 10.1. The lowest BCUT2D eigenvalue weighted by molar-refractivity contribution is -0.117. The van der Waals surface area contributed by atoms with Gasteiger partial charge < -0.3 is 10.1 Å². The zero-order valence-corrected chi connectivity index (χ0v) is 14.7. The zero-order chi connectivity index (χ0) is 17.5. The third-order valence-corrected chi connectivity index (χ3v) is 5.24. The third kappa shape index (κ3) is 3.79. The maximum Gasteiger partial charge on any atom is 0.387 e. The van der Waals surface area contributed by atoms with Crippen LogP contribution in [0.1, 0.15) is 11.3 Å². The summed E-state index contributed by atoms with van der Waals surface area (Å²) in [6.07, 6.45) is 0.421. The molecule has 3 rings (SSSR count). The molecule has 1 aromatic heterocycles. The van der Waals surface area contributed by atoms with Crippen molar-refractivity contribution in [2.24, 2.45) is 5.92 Å². The number of amides is 1. The maximum absolute atomic E-state index is 12.2. The first-order chi connectivity index (χ1) is 11.3. The van der Waals surface area contributed by atoms with Gasteiger partial charge in [0.25, 0.3) is 0 Å². The van der Waals surface area contributed by atoms with Gasteiger partial charge in [-0.15, -0.1) is 34.5 Å². The van der Waals surface area contributed by atoms with E-state index in [0.717, 1.165) is 10.4 Å². The fourth-order valence-electron chi connectivity index (χ4n) is 2.20. The quantitative estimate of drug-likeness (QED) is 0.739. The van der Waals surface area contributed by atoms with Crippen molar-refractivity contribution in [3.8, 4) is 17.0 Å². The molecule has 4 nitrogen and oxygen atoms in total. The topological polar surface area (TPSA) is 51.2 Å². The van der Waals surface area contributed by atoms with E-state index < -0.39 is 16.9 Å². The van der Waals surface area contributed by atoms with Gasteiger partial charge in [0, 0.05) is 10.4 Å². The SMILES string of the molecule is Cc1sc(NC(=O)C2CC2(Cl)Cl)nc1-c1ccc(OC(F)F)cc1. The largest absolute Gasteiger partial charge is 0.435 e. The van der Waals surface area contributed by atoms with Crippen LogP contribution < -0.4 is 10.1 Å². The summed E-state index contributed by atoms with van der Waals surface area (Å²) in [5.74, 6) is -0.621. The molecule has 0 bridgehead atoms. The van der Waals surface area contributed by atoms with Crippen molar-refractivity contribution in [1.29, 1.82) is 0 Å². The van der Waals surface area contributed by atoms with E-state index in [9.17, 15) is 13.6 Å². The summed E-state index contributed by atoms with van der Waals surface area (Å²) in [7, 11) is 0. The second-order valence-corrected chi connectivity index (χ2v) is 8.08. The minimum Gasteiger partial charge on any atom is -0.435 e. The van der Waals surface area contributed by atoms with Crippen molar-refractivity contribution in [2.45, 2.75) is 24.3 Å². The molecule has 1 aliphatic carbocycles. The number of carbonyl (C=O) groups is 1. The van der Waals surface area contributed by atoms with Crippen LogP contribution in [0.3, 0.4) is 0 Å². The van der Waals surface area contributed by atoms with Gasteiger partial charge in [0.05, 0.1) is 11.6 Å². The standard InChI is InChI=1S/C15H12Cl2F2N2O2S/c1-7-11(8-2-4-9(5-3-8)23-13(18)19)20-14(24-7)21-12(22)10-6-15(10,16)17/h2-5,10,13H,6H2,1H3,(H,20,21,22). The summed E-state index contributed by atoms with van der Waals surface area (Å²) < 4.78 is 27.7. The molecular weight excluding hydrogens is 381 g/mol. The number of nitrogens with zero attached hydrogens (tertiary/aromatic N) is 1. The van der Waals surface area contributed by atoms with Crippen LogP contribution in [0.15, 0.2) is 24.3 Å². The Labute approximate surface area is 150 Å². The van der Waals surface area contributed by atoms with Crippen molar-refractivity contribution < 1.29 is 18.3 Å². The molecule has 2 aromatic rings. The summed E-state index contributed by atoms with van der Waals surface area (Å²) in [6, 6.07) is 6.15. The second-order valence-electron chi connectivity index (χ2n) is 5.33. The Bertz CT molecular complexity index is 765. The molecule has 1 unspecified atom stereocenters. The number of benzene rings is 1. The van der Waals surface area contributed by atoms with E-state index in [1.165, 1.54) is 23.5 Å². The van der Waals surface area contributed by atoms with E-state index in [1.807, 2.05) is 6.92 Å². The Hall–Kier alpha value is -1.44. The van der Waals surface area contributed by atoms with E-state index in [-0.39, 0.29) is 11.7 Å². The molecule has 24 heavy (non-hydrogen) atoms. The average molecular weight is 393 g/mol. The fourth-order valence-corrected chi connectivity index (χ4v) is 3.55. The Morgan fingerprint density at radius 3 is 2.58 bits per heavy atom. The molecule has 128 valence electrons. The van der Waals surface area contributed by atoms with Crippen LogP contribution in [0.2, 0.25) is 0 Å². The molecule has 9 heteroatoms. The predicted molar refractivity (Wildman–Crippen MR) is 90.1 cm³/mol. The predicted octanol–water partition coefficient (Wildman–Crippen LogP) is 4.85. The summed E-state index contributed by atoms with van der Waals surface area (Å²) in [5, 5.41) is 3.14. The second kappa shape index (κ2) is 6.46. The Balaban J connectivity index is 1.73. The highest BCUT2D eigenvalue weighted by Crippen LogP contribution is 2.53. The van der Waals surface area contributed by atoms with Gasteiger partial charge in [-0.3, -0.25) is 4.79 Å². The first-order valence-corrected chi connectivity index (χ1v) is 8.55. The number of hydrogen-bond donors (Lipinski definition) is 1. The van der Waals surface area contributed by atoms with Crippen LogP contribution in [0.4, 0.5) is 13.9 Å². The molecule has 0 spiro atoms. The van der Waals surface area contributed by atoms with Crippen LogP contribution in [0, 0.1) is 12.8 Å². The van der Waals surface area contributed by atoms with Crippen molar-refractivity contribution in [3.05, 3.63) is 29.1 Å². The van der Waals surface area contributed by atoms with E-state index in [4.69, 9.17) is 23.2 Å². The molecule has 1 heterocycles. The first kappa shape index (κ1) is 17.4. The number of anilines is 1. The highest BCUT2D eigenvalue weighted by Gasteiger charge is 2.56. The number of rotatable bonds is 5. The highest BCUT2D eigenvalue weighted by molar-refractivity contribution is 7.16. The summed E-state index contributed by atoms with van der Waals surface area (Å²) in [5.41, 5.74) is 1.40. The molecule has 1 aromatic carbocycles. The molecule has 0 aliphatic heterocycles. The molecular formula is C15H12Cl2F2N2O2S. The minimum atomic E-state index is -2.86. The number of ether oxygens (including phenoxy) is 1. The van der Waals surface area contributed by atoms with Crippen molar-refractivity contribution in [3.63, 3.8) is 0 Å². The first-order valence-electron chi connectivity index (χ1n) is 6.97. The van der Waals surface area contributed by atoms with E-state index in [1.54, 1.807) is 12.1 Å². The molecule has 1 saturated carbocycles. The van der Waals surface area contributed by atoms with Gasteiger partial charge in [0.15, 0.2) is 5.13 Å². The number of alkyl halides is 4. The third-order valence-electron chi connectivity index (χ3n) is 3.52. The molecule has 0 saturated heterocycles. The fraction of sp³-hybridized carbons (Fsp3) is 0.333. The maximum atomic E-state index is 12.2. The molecule has 1 aliphatic rings. The zero-order valence-electron chi connectivity index (χ0n) is 12.4. The molecule has 0 radical (unpaired) electrons. The van der Waals surface area contributed by atoms with Crippen molar-refractivity contribution >= 4 is 45.6 Å². The van der Waals surface area contributed by atoms with Crippen molar-refractivity contribution in [1.82, 2.24) is 4.98 Å². The normalized spacial score (nSPS) is 18.5. The smallest absolute Gasteiger partial charge is 0.387 e. The molecule has 1 N–H and O–H groups in total. The number of nitrogens with one attached hydrogen (secondary N) is 1. The number of hydrogen-bond acceptors (Lipinski definition) is 4. The van der Waals surface area contributed by atoms with Gasteiger partial charge in [-0.2, -0.15) is 8.78 Å². The Morgan fingerprint density at radius 2 is 2.04 bits per heavy atom. The Kier molecular flexibility index (Phi) is 4.68. The lowest BCUT2D eigenvalue weighted by Gasteiger charge is -2.05. The van der Waals surface area contributed by atoms with E-state index in [2.05, 4.69) is 15.0 Å². The van der Waals surface area contributed by atoms with Crippen LogP contribution in [-0.2, 0) is 4.79 Å². The molecule has 1 amide bonds. The van der Waals surface area contributed by atoms with E-state index >= 15 is 0 Å². The van der Waals surface area contributed by atoms with Gasteiger partial charge in [-0.1, -0.05) is 0 Å². The number of thiazole rings is 1. The van der Waals surface area contributed by atoms with Gasteiger partial charge in [-0.05, 0) is 37.6 Å². The van der Waals surface area contributed by atoms with Gasteiger partial charge in [-0.25, -0.2) is 4.98 Å².